The number of benzene rings is 2. The van der Waals surface area contributed by atoms with Gasteiger partial charge in [0.2, 0.25) is 5.91 Å². The van der Waals surface area contributed by atoms with Crippen molar-refractivity contribution < 1.29 is 13.9 Å². The molecular formula is C22H30FIN4O2. The number of carbonyl (C=O) groups is 1. The van der Waals surface area contributed by atoms with Crippen LogP contribution in [0, 0.1) is 5.82 Å². The number of guanidine groups is 1. The largest absolute Gasteiger partial charge is 0.494 e. The summed E-state index contributed by atoms with van der Waals surface area (Å²) in [6.07, 6.45) is 0.826. The molecule has 0 saturated carbocycles. The van der Waals surface area contributed by atoms with E-state index in [1.807, 2.05) is 36.2 Å². The molecule has 0 spiro atoms. The number of halogens is 2. The maximum atomic E-state index is 14.0. The Balaban J connectivity index is 0.00000450. The summed E-state index contributed by atoms with van der Waals surface area (Å²) < 4.78 is 19.0. The quantitative estimate of drug-likeness (QED) is 0.325. The highest BCUT2D eigenvalue weighted by molar-refractivity contribution is 14.0. The molecule has 6 nitrogen and oxygen atoms in total. The Labute approximate surface area is 195 Å². The molecule has 2 aromatic rings. The molecular weight excluding hydrogens is 498 g/mol. The molecule has 0 heterocycles. The minimum Gasteiger partial charge on any atom is -0.494 e. The SMILES string of the molecule is COc1ccc(CN(C)C(=NCC(=O)N(C)C)NCCc2ccccc2)cc1F.I. The van der Waals surface area contributed by atoms with Gasteiger partial charge in [0.1, 0.15) is 6.54 Å². The van der Waals surface area contributed by atoms with Gasteiger partial charge < -0.3 is 19.9 Å². The molecule has 0 saturated heterocycles. The van der Waals surface area contributed by atoms with E-state index in [-0.39, 0.29) is 42.2 Å². The van der Waals surface area contributed by atoms with Crippen LogP contribution in [0.1, 0.15) is 11.1 Å². The van der Waals surface area contributed by atoms with Crippen LogP contribution >= 0.6 is 24.0 Å². The van der Waals surface area contributed by atoms with Crippen LogP contribution in [0.4, 0.5) is 4.39 Å². The molecule has 30 heavy (non-hydrogen) atoms. The molecule has 2 aromatic carbocycles. The highest BCUT2D eigenvalue weighted by Gasteiger charge is 2.11. The van der Waals surface area contributed by atoms with Gasteiger partial charge in [-0.2, -0.15) is 0 Å². The highest BCUT2D eigenvalue weighted by Crippen LogP contribution is 2.18. The summed E-state index contributed by atoms with van der Waals surface area (Å²) in [4.78, 5) is 19.8. The predicted molar refractivity (Wildman–Crippen MR) is 129 cm³/mol. The van der Waals surface area contributed by atoms with E-state index in [0.717, 1.165) is 12.0 Å². The number of rotatable bonds is 8. The number of likely N-dealkylation sites (N-methyl/N-ethyl adjacent to an activating group) is 1. The first-order chi connectivity index (χ1) is 13.9. The maximum absolute atomic E-state index is 14.0. The number of amides is 1. The minimum atomic E-state index is -0.406. The molecule has 164 valence electrons. The van der Waals surface area contributed by atoms with Gasteiger partial charge in [-0.05, 0) is 29.7 Å². The molecule has 0 radical (unpaired) electrons. The van der Waals surface area contributed by atoms with Crippen molar-refractivity contribution in [2.24, 2.45) is 4.99 Å². The van der Waals surface area contributed by atoms with Crippen molar-refractivity contribution in [3.05, 3.63) is 65.5 Å². The van der Waals surface area contributed by atoms with E-state index < -0.39 is 5.82 Å². The fourth-order valence-electron chi connectivity index (χ4n) is 2.72. The zero-order valence-corrected chi connectivity index (χ0v) is 20.2. The van der Waals surface area contributed by atoms with Crippen molar-refractivity contribution >= 4 is 35.8 Å². The minimum absolute atomic E-state index is 0. The number of hydrogen-bond donors (Lipinski definition) is 1. The van der Waals surface area contributed by atoms with Gasteiger partial charge in [-0.25, -0.2) is 9.38 Å². The Kier molecular flexibility index (Phi) is 11.2. The van der Waals surface area contributed by atoms with Crippen LogP contribution in [0.2, 0.25) is 0 Å². The van der Waals surface area contributed by atoms with Crippen molar-refractivity contribution in [3.8, 4) is 5.75 Å². The Morgan fingerprint density at radius 3 is 2.40 bits per heavy atom. The number of nitrogens with one attached hydrogen (secondary N) is 1. The molecule has 2 rings (SSSR count). The van der Waals surface area contributed by atoms with Gasteiger partial charge in [0.05, 0.1) is 7.11 Å². The van der Waals surface area contributed by atoms with Crippen molar-refractivity contribution in [3.63, 3.8) is 0 Å². The second-order valence-electron chi connectivity index (χ2n) is 6.92. The van der Waals surface area contributed by atoms with Gasteiger partial charge in [-0.3, -0.25) is 4.79 Å². The van der Waals surface area contributed by atoms with E-state index in [2.05, 4.69) is 22.4 Å². The van der Waals surface area contributed by atoms with Gasteiger partial charge >= 0.3 is 0 Å². The molecule has 0 bridgehead atoms. The number of aliphatic imine (C=N–C) groups is 1. The van der Waals surface area contributed by atoms with Crippen LogP contribution < -0.4 is 10.1 Å². The lowest BCUT2D eigenvalue weighted by Gasteiger charge is -2.23. The van der Waals surface area contributed by atoms with Crippen LogP contribution in [0.3, 0.4) is 0 Å². The van der Waals surface area contributed by atoms with Gasteiger partial charge in [0, 0.05) is 34.2 Å². The van der Waals surface area contributed by atoms with Gasteiger partial charge in [-0.1, -0.05) is 36.4 Å². The van der Waals surface area contributed by atoms with Crippen LogP contribution in [-0.2, 0) is 17.8 Å². The summed E-state index contributed by atoms with van der Waals surface area (Å²) in [5.74, 6) is 0.308. The van der Waals surface area contributed by atoms with Crippen LogP contribution in [-0.4, -0.2) is 63.0 Å². The second-order valence-corrected chi connectivity index (χ2v) is 6.92. The lowest BCUT2D eigenvalue weighted by Crippen LogP contribution is -2.40. The van der Waals surface area contributed by atoms with Crippen LogP contribution in [0.15, 0.2) is 53.5 Å². The summed E-state index contributed by atoms with van der Waals surface area (Å²) in [6, 6.07) is 15.0. The lowest BCUT2D eigenvalue weighted by atomic mass is 10.1. The monoisotopic (exact) mass is 528 g/mol. The predicted octanol–water partition coefficient (Wildman–Crippen LogP) is 3.16. The number of carbonyl (C=O) groups excluding carboxylic acids is 1. The first-order valence-electron chi connectivity index (χ1n) is 9.46. The molecule has 0 aromatic heterocycles. The molecule has 1 amide bonds. The Bertz CT molecular complexity index is 831. The molecule has 0 aliphatic carbocycles. The maximum Gasteiger partial charge on any atom is 0.243 e. The first kappa shape index (κ1) is 25.7. The number of ether oxygens (including phenoxy) is 1. The fraction of sp³-hybridized carbons (Fsp3) is 0.364. The van der Waals surface area contributed by atoms with E-state index >= 15 is 0 Å². The number of hydrogen-bond acceptors (Lipinski definition) is 3. The molecule has 0 atom stereocenters. The molecule has 8 heteroatoms. The van der Waals surface area contributed by atoms with E-state index in [1.165, 1.54) is 23.6 Å². The molecule has 0 aliphatic heterocycles. The normalized spacial score (nSPS) is 10.8. The summed E-state index contributed by atoms with van der Waals surface area (Å²) in [7, 11) is 6.69. The Morgan fingerprint density at radius 2 is 1.80 bits per heavy atom. The zero-order valence-electron chi connectivity index (χ0n) is 17.9. The van der Waals surface area contributed by atoms with Crippen LogP contribution in [0.25, 0.3) is 0 Å². The average molecular weight is 528 g/mol. The van der Waals surface area contributed by atoms with Crippen molar-refractivity contribution in [2.45, 2.75) is 13.0 Å². The summed E-state index contributed by atoms with van der Waals surface area (Å²) >= 11 is 0. The molecule has 0 unspecified atom stereocenters. The topological polar surface area (TPSA) is 57.2 Å². The Hall–Kier alpha value is -2.36. The third-order valence-electron chi connectivity index (χ3n) is 4.40. The molecule has 0 aliphatic rings. The fourth-order valence-corrected chi connectivity index (χ4v) is 2.72. The van der Waals surface area contributed by atoms with E-state index in [9.17, 15) is 9.18 Å². The van der Waals surface area contributed by atoms with Gasteiger partial charge in [0.15, 0.2) is 17.5 Å². The first-order valence-corrected chi connectivity index (χ1v) is 9.46. The second kappa shape index (κ2) is 13.0. The summed E-state index contributed by atoms with van der Waals surface area (Å²) in [5.41, 5.74) is 1.99. The van der Waals surface area contributed by atoms with E-state index in [0.29, 0.717) is 19.0 Å². The number of nitrogens with zero attached hydrogens (tertiary/aromatic N) is 3. The van der Waals surface area contributed by atoms with E-state index in [1.54, 1.807) is 20.2 Å². The summed E-state index contributed by atoms with van der Waals surface area (Å²) in [6.45, 7) is 1.15. The third-order valence-corrected chi connectivity index (χ3v) is 4.40. The smallest absolute Gasteiger partial charge is 0.243 e. The van der Waals surface area contributed by atoms with Crippen molar-refractivity contribution in [1.82, 2.24) is 15.1 Å². The standard InChI is InChI=1S/C22H29FN4O2.HI/c1-26(2)21(28)15-25-22(24-13-12-17-8-6-5-7-9-17)27(3)16-18-10-11-20(29-4)19(23)14-18;/h5-11,14H,12-13,15-16H2,1-4H3,(H,24,25);1H. The molecule has 1 N–H and O–H groups in total. The van der Waals surface area contributed by atoms with Gasteiger partial charge in [-0.15, -0.1) is 24.0 Å². The third kappa shape index (κ3) is 8.17. The van der Waals surface area contributed by atoms with Crippen molar-refractivity contribution in [2.75, 3.05) is 41.3 Å². The molecule has 0 fully saturated rings. The lowest BCUT2D eigenvalue weighted by molar-refractivity contribution is -0.127. The Morgan fingerprint density at radius 1 is 1.10 bits per heavy atom. The summed E-state index contributed by atoms with van der Waals surface area (Å²) in [5, 5.41) is 3.31. The van der Waals surface area contributed by atoms with Crippen molar-refractivity contribution in [1.29, 1.82) is 0 Å². The zero-order chi connectivity index (χ0) is 21.2. The van der Waals surface area contributed by atoms with Gasteiger partial charge in [0.25, 0.3) is 0 Å². The number of methoxy groups -OCH3 is 1. The van der Waals surface area contributed by atoms with E-state index in [4.69, 9.17) is 4.74 Å². The van der Waals surface area contributed by atoms with Crippen LogP contribution in [0.5, 0.6) is 5.75 Å². The highest BCUT2D eigenvalue weighted by atomic mass is 127. The average Bonchev–Trinajstić information content (AvgIpc) is 2.71.